The first-order chi connectivity index (χ1) is 4.45. The molecule has 2 fully saturated rings. The van der Waals surface area contributed by atoms with E-state index in [1.54, 1.807) is 0 Å². The zero-order chi connectivity index (χ0) is 6.10. The van der Waals surface area contributed by atoms with Crippen molar-refractivity contribution >= 4 is 0 Å². The quantitative estimate of drug-likeness (QED) is 0.515. The molecular weight excluding hydrogens is 114 g/mol. The van der Waals surface area contributed by atoms with Crippen LogP contribution in [0.5, 0.6) is 0 Å². The van der Waals surface area contributed by atoms with Crippen LogP contribution in [-0.4, -0.2) is 19.3 Å². The van der Waals surface area contributed by atoms with Crippen LogP contribution < -0.4 is 5.32 Å². The summed E-state index contributed by atoms with van der Waals surface area (Å²) in [4.78, 5) is 0. The monoisotopic (exact) mass is 126 g/mol. The van der Waals surface area contributed by atoms with E-state index in [-0.39, 0.29) is 0 Å². The van der Waals surface area contributed by atoms with E-state index in [1.165, 1.54) is 25.3 Å². The van der Waals surface area contributed by atoms with Crippen molar-refractivity contribution in [1.82, 2.24) is 5.32 Å². The Morgan fingerprint density at radius 1 is 1.56 bits per heavy atom. The molecule has 9 heavy (non-hydrogen) atoms. The van der Waals surface area contributed by atoms with Gasteiger partial charge in [-0.2, -0.15) is 0 Å². The van der Waals surface area contributed by atoms with E-state index in [2.05, 4.69) is 5.32 Å². The zero-order valence-corrected chi connectivity index (χ0v) is 5.52. The SMILES string of the molecule is C1C[C]2COCC(C1)N2. The van der Waals surface area contributed by atoms with Crippen molar-refractivity contribution in [1.29, 1.82) is 0 Å². The fourth-order valence-corrected chi connectivity index (χ4v) is 1.56. The van der Waals surface area contributed by atoms with Gasteiger partial charge in [0.15, 0.2) is 0 Å². The molecule has 2 saturated heterocycles. The van der Waals surface area contributed by atoms with Gasteiger partial charge in [-0.1, -0.05) is 0 Å². The van der Waals surface area contributed by atoms with Crippen LogP contribution in [-0.2, 0) is 4.74 Å². The summed E-state index contributed by atoms with van der Waals surface area (Å²) in [5.74, 6) is 0. The number of hydrogen-bond donors (Lipinski definition) is 1. The third-order valence-electron chi connectivity index (χ3n) is 2.03. The highest BCUT2D eigenvalue weighted by Gasteiger charge is 2.25. The first kappa shape index (κ1) is 5.69. The molecular formula is C7H12NO. The van der Waals surface area contributed by atoms with Crippen LogP contribution in [0, 0.1) is 6.04 Å². The third kappa shape index (κ3) is 1.10. The number of fused-ring (bicyclic) bond motifs is 2. The zero-order valence-electron chi connectivity index (χ0n) is 5.52. The number of hydrogen-bond acceptors (Lipinski definition) is 2. The Hall–Kier alpha value is -0.0800. The lowest BCUT2D eigenvalue weighted by molar-refractivity contribution is 0.0590. The summed E-state index contributed by atoms with van der Waals surface area (Å²) < 4.78 is 5.34. The predicted molar refractivity (Wildman–Crippen MR) is 34.8 cm³/mol. The maximum atomic E-state index is 5.34. The number of nitrogens with one attached hydrogen (secondary N) is 1. The average molecular weight is 126 g/mol. The summed E-state index contributed by atoms with van der Waals surface area (Å²) in [6.45, 7) is 1.78. The van der Waals surface area contributed by atoms with Crippen molar-refractivity contribution in [2.45, 2.75) is 25.3 Å². The molecule has 1 N–H and O–H groups in total. The second-order valence-electron chi connectivity index (χ2n) is 2.85. The fourth-order valence-electron chi connectivity index (χ4n) is 1.56. The average Bonchev–Trinajstić information content (AvgIpc) is 1.88. The van der Waals surface area contributed by atoms with E-state index in [0.717, 1.165) is 13.2 Å². The van der Waals surface area contributed by atoms with Gasteiger partial charge in [0.1, 0.15) is 0 Å². The van der Waals surface area contributed by atoms with Crippen molar-refractivity contribution in [2.75, 3.05) is 13.2 Å². The van der Waals surface area contributed by atoms with E-state index in [9.17, 15) is 0 Å². The normalized spacial score (nSPS) is 36.7. The lowest BCUT2D eigenvalue weighted by atomic mass is 9.98. The van der Waals surface area contributed by atoms with Gasteiger partial charge in [0, 0.05) is 6.04 Å². The number of ether oxygens (including phenoxy) is 1. The molecule has 0 aliphatic carbocycles. The molecule has 0 saturated carbocycles. The van der Waals surface area contributed by atoms with Gasteiger partial charge in [-0.3, -0.25) is 0 Å². The topological polar surface area (TPSA) is 21.3 Å². The van der Waals surface area contributed by atoms with Crippen molar-refractivity contribution in [3.05, 3.63) is 6.04 Å². The smallest absolute Gasteiger partial charge is 0.0668 e. The van der Waals surface area contributed by atoms with Gasteiger partial charge in [0.25, 0.3) is 0 Å². The molecule has 0 aromatic rings. The van der Waals surface area contributed by atoms with Gasteiger partial charge < -0.3 is 10.1 Å². The van der Waals surface area contributed by atoms with Crippen LogP contribution in [0.15, 0.2) is 0 Å². The Morgan fingerprint density at radius 2 is 2.56 bits per heavy atom. The van der Waals surface area contributed by atoms with E-state index in [4.69, 9.17) is 4.74 Å². The standard InChI is InChI=1S/C7H12NO/c1-2-6-4-9-5-7(3-1)8-6/h6,8H,1-5H2. The van der Waals surface area contributed by atoms with Crippen LogP contribution >= 0.6 is 0 Å². The summed E-state index contributed by atoms with van der Waals surface area (Å²) in [6, 6.07) is 2.06. The van der Waals surface area contributed by atoms with E-state index >= 15 is 0 Å². The number of rotatable bonds is 0. The van der Waals surface area contributed by atoms with Crippen molar-refractivity contribution in [3.8, 4) is 0 Å². The Kier molecular flexibility index (Phi) is 1.44. The molecule has 1 radical (unpaired) electrons. The minimum atomic E-state index is 0.641. The molecule has 1 unspecified atom stereocenters. The molecule has 2 heteroatoms. The van der Waals surface area contributed by atoms with Gasteiger partial charge >= 0.3 is 0 Å². The summed E-state index contributed by atoms with van der Waals surface area (Å²) in [7, 11) is 0. The van der Waals surface area contributed by atoms with E-state index in [0.29, 0.717) is 6.04 Å². The van der Waals surface area contributed by atoms with Crippen LogP contribution in [0.2, 0.25) is 0 Å². The van der Waals surface area contributed by atoms with Crippen LogP contribution in [0.25, 0.3) is 0 Å². The van der Waals surface area contributed by atoms with Crippen LogP contribution in [0.4, 0.5) is 0 Å². The van der Waals surface area contributed by atoms with E-state index in [1.807, 2.05) is 0 Å². The van der Waals surface area contributed by atoms with Gasteiger partial charge in [-0.05, 0) is 19.3 Å². The third-order valence-corrected chi connectivity index (χ3v) is 2.03. The Balaban J connectivity index is 1.96. The molecule has 0 spiro atoms. The highest BCUT2D eigenvalue weighted by molar-refractivity contribution is 4.97. The molecule has 2 nitrogen and oxygen atoms in total. The second kappa shape index (κ2) is 2.27. The molecule has 2 bridgehead atoms. The minimum absolute atomic E-state index is 0.641. The van der Waals surface area contributed by atoms with Gasteiger partial charge in [-0.25, -0.2) is 0 Å². The lowest BCUT2D eigenvalue weighted by Gasteiger charge is -2.34. The maximum absolute atomic E-state index is 5.34. The highest BCUT2D eigenvalue weighted by Crippen LogP contribution is 2.21. The lowest BCUT2D eigenvalue weighted by Crippen LogP contribution is -2.46. The molecule has 2 heterocycles. The van der Waals surface area contributed by atoms with Gasteiger partial charge in [0.2, 0.25) is 0 Å². The van der Waals surface area contributed by atoms with E-state index < -0.39 is 0 Å². The van der Waals surface area contributed by atoms with Gasteiger partial charge in [-0.15, -0.1) is 0 Å². The Bertz CT molecular complexity index is 85.1. The predicted octanol–water partition coefficient (Wildman–Crippen LogP) is 0.691. The van der Waals surface area contributed by atoms with Crippen molar-refractivity contribution in [2.24, 2.45) is 0 Å². The molecule has 1 atom stereocenters. The first-order valence-corrected chi connectivity index (χ1v) is 3.64. The molecule has 51 valence electrons. The molecule has 2 rings (SSSR count). The summed E-state index contributed by atoms with van der Waals surface area (Å²) in [5, 5.41) is 3.44. The first-order valence-electron chi connectivity index (χ1n) is 3.64. The largest absolute Gasteiger partial charge is 0.378 e. The number of piperidine rings is 1. The second-order valence-corrected chi connectivity index (χ2v) is 2.85. The number of morpholine rings is 1. The molecule has 0 aromatic heterocycles. The molecule has 0 aromatic carbocycles. The van der Waals surface area contributed by atoms with Crippen molar-refractivity contribution < 1.29 is 4.74 Å². The molecule has 2 aliphatic rings. The van der Waals surface area contributed by atoms with Crippen molar-refractivity contribution in [3.63, 3.8) is 0 Å². The Morgan fingerprint density at radius 3 is 3.33 bits per heavy atom. The van der Waals surface area contributed by atoms with Crippen LogP contribution in [0.1, 0.15) is 19.3 Å². The summed E-state index contributed by atoms with van der Waals surface area (Å²) in [6.07, 6.45) is 3.89. The van der Waals surface area contributed by atoms with Gasteiger partial charge in [0.05, 0.1) is 19.3 Å². The Labute approximate surface area is 55.6 Å². The minimum Gasteiger partial charge on any atom is -0.378 e. The summed E-state index contributed by atoms with van der Waals surface area (Å²) >= 11 is 0. The maximum Gasteiger partial charge on any atom is 0.0668 e. The fraction of sp³-hybridized carbons (Fsp3) is 0.857. The summed E-state index contributed by atoms with van der Waals surface area (Å²) in [5.41, 5.74) is 0. The van der Waals surface area contributed by atoms with Crippen LogP contribution in [0.3, 0.4) is 0 Å². The molecule has 2 aliphatic heterocycles. The molecule has 0 amide bonds. The highest BCUT2D eigenvalue weighted by atomic mass is 16.5.